The highest BCUT2D eigenvalue weighted by Crippen LogP contribution is 2.58. The molecule has 1 saturated carbocycles. The third kappa shape index (κ3) is 3.99. The smallest absolute Gasteiger partial charge is 0.464 e. The number of phenolic OH excluding ortho intramolecular Hbond substituents is 1. The maximum absolute atomic E-state index is 14.0. The number of nitrogens with two attached hydrogens (primary N) is 1. The van der Waals surface area contributed by atoms with Gasteiger partial charge in [0.25, 0.3) is 5.91 Å². The molecule has 1 amide bonds. The first-order valence-corrected chi connectivity index (χ1v) is 12.5. The van der Waals surface area contributed by atoms with Gasteiger partial charge in [-0.3, -0.25) is 19.3 Å². The summed E-state index contributed by atoms with van der Waals surface area (Å²) in [6.07, 6.45) is -8.13. The molecule has 0 heterocycles. The molecule has 0 saturated heterocycles. The van der Waals surface area contributed by atoms with Crippen LogP contribution >= 0.6 is 11.8 Å². The number of hydrogen-bond donors (Lipinski definition) is 6. The van der Waals surface area contributed by atoms with Crippen LogP contribution in [0.25, 0.3) is 5.76 Å². The SMILES string of the molecule is CN(C)[C@H]1C(=O)C(C(N)=O)=C(O)[C@]2(O)C(=O)C3=C(O)c4c(O)cccc4[C@@H](CSC(F)(F)C(F)(F)F)[C@@H]3[C@@H](O)[C@H]12. The molecule has 0 aromatic heterocycles. The first-order valence-electron chi connectivity index (χ1n) is 11.5. The monoisotopic (exact) mass is 594 g/mol. The zero-order valence-corrected chi connectivity index (χ0v) is 21.4. The normalized spacial score (nSPS) is 30.8. The Hall–Kier alpha value is -3.21. The van der Waals surface area contributed by atoms with Crippen LogP contribution in [-0.4, -0.2) is 96.9 Å². The quantitative estimate of drug-likeness (QED) is 0.215. The fraction of sp³-hybridized carbons (Fsp3) is 0.458. The molecule has 0 spiro atoms. The van der Waals surface area contributed by atoms with Crippen molar-refractivity contribution in [3.8, 4) is 5.75 Å². The van der Waals surface area contributed by atoms with Crippen molar-refractivity contribution >= 4 is 35.0 Å². The number of thioether (sulfide) groups is 1. The molecule has 3 aliphatic carbocycles. The molecule has 6 atom stereocenters. The second-order valence-electron chi connectivity index (χ2n) is 9.93. The Balaban J connectivity index is 2.00. The molecule has 3 aliphatic rings. The molecule has 1 aromatic carbocycles. The standard InChI is InChI=1S/C24H23F5N2O8S/c1-31(2)15-14-17(34)11-8(6-40-24(28,29)23(25,26)27)7-4-3-5-9(32)10(7)16(33)12(11)19(36)22(14,39)20(37)13(18(15)35)21(30)38/h3-5,8,11,14-15,17,32-34,37,39H,6H2,1-2H3,(H2,30,38)/t8-,11+,14+,15-,17-,22-/m1/s1. The van der Waals surface area contributed by atoms with Gasteiger partial charge in [0.2, 0.25) is 5.78 Å². The van der Waals surface area contributed by atoms with Crippen molar-refractivity contribution < 1.29 is 61.9 Å². The Morgan fingerprint density at radius 2 is 1.73 bits per heavy atom. The number of benzene rings is 1. The number of Topliss-reactive ketones (excluding diaryl/α,β-unsaturated/α-hetero) is 2. The van der Waals surface area contributed by atoms with Crippen LogP contribution in [0.2, 0.25) is 0 Å². The number of hydrogen-bond acceptors (Lipinski definition) is 10. The number of aliphatic hydroxyl groups is 4. The molecule has 1 fully saturated rings. The van der Waals surface area contributed by atoms with Gasteiger partial charge in [0.05, 0.1) is 23.6 Å². The van der Waals surface area contributed by atoms with E-state index < -0.39 is 116 Å². The second kappa shape index (κ2) is 9.43. The lowest BCUT2D eigenvalue weighted by Crippen LogP contribution is -2.70. The molecular formula is C24H23F5N2O8S. The minimum Gasteiger partial charge on any atom is -0.508 e. The Morgan fingerprint density at radius 1 is 1.12 bits per heavy atom. The van der Waals surface area contributed by atoms with E-state index in [9.17, 15) is 61.9 Å². The minimum atomic E-state index is -5.97. The molecule has 0 aliphatic heterocycles. The van der Waals surface area contributed by atoms with Crippen LogP contribution in [0.4, 0.5) is 22.0 Å². The molecule has 1 aromatic rings. The van der Waals surface area contributed by atoms with Crippen LogP contribution in [0.1, 0.15) is 17.0 Å². The van der Waals surface area contributed by atoms with Gasteiger partial charge in [0, 0.05) is 23.2 Å². The third-order valence-corrected chi connectivity index (χ3v) is 8.69. The van der Waals surface area contributed by atoms with E-state index in [1.807, 2.05) is 0 Å². The zero-order valence-electron chi connectivity index (χ0n) is 20.6. The Labute approximate surface area is 226 Å². The molecule has 0 bridgehead atoms. The lowest BCUT2D eigenvalue weighted by atomic mass is 9.54. The predicted octanol–water partition coefficient (Wildman–Crippen LogP) is 1.36. The number of halogens is 5. The van der Waals surface area contributed by atoms with Crippen LogP contribution in [0, 0.1) is 11.8 Å². The highest BCUT2D eigenvalue weighted by molar-refractivity contribution is 8.00. The molecule has 10 nitrogen and oxygen atoms in total. The van der Waals surface area contributed by atoms with Gasteiger partial charge >= 0.3 is 11.4 Å². The number of carbonyl (C=O) groups is 3. The van der Waals surface area contributed by atoms with E-state index in [1.165, 1.54) is 26.2 Å². The van der Waals surface area contributed by atoms with Gasteiger partial charge in [-0.05, 0) is 25.7 Å². The highest BCUT2D eigenvalue weighted by Gasteiger charge is 2.69. The summed E-state index contributed by atoms with van der Waals surface area (Å²) in [7, 11) is 2.52. The molecule has 40 heavy (non-hydrogen) atoms. The van der Waals surface area contributed by atoms with Crippen LogP contribution in [0.15, 0.2) is 35.1 Å². The van der Waals surface area contributed by atoms with Crippen molar-refractivity contribution in [3.63, 3.8) is 0 Å². The molecule has 4 rings (SSSR count). The van der Waals surface area contributed by atoms with Crippen LogP contribution in [0.3, 0.4) is 0 Å². The summed E-state index contributed by atoms with van der Waals surface area (Å²) >= 11 is -0.864. The van der Waals surface area contributed by atoms with Crippen molar-refractivity contribution in [2.24, 2.45) is 17.6 Å². The number of ketones is 2. The average molecular weight is 595 g/mol. The second-order valence-corrected chi connectivity index (χ2v) is 11.1. The molecule has 16 heteroatoms. The number of rotatable bonds is 5. The molecule has 0 radical (unpaired) electrons. The van der Waals surface area contributed by atoms with Crippen LogP contribution in [0.5, 0.6) is 5.75 Å². The third-order valence-electron chi connectivity index (χ3n) is 7.57. The lowest BCUT2D eigenvalue weighted by molar-refractivity contribution is -0.237. The van der Waals surface area contributed by atoms with Gasteiger partial charge in [0.1, 0.15) is 22.8 Å². The lowest BCUT2D eigenvalue weighted by Gasteiger charge is -2.54. The van der Waals surface area contributed by atoms with Gasteiger partial charge in [-0.15, -0.1) is 0 Å². The van der Waals surface area contributed by atoms with E-state index in [0.29, 0.717) is 0 Å². The summed E-state index contributed by atoms with van der Waals surface area (Å²) in [6.45, 7) is 0. The van der Waals surface area contributed by atoms with Crippen molar-refractivity contribution in [3.05, 3.63) is 46.2 Å². The van der Waals surface area contributed by atoms with E-state index in [1.54, 1.807) is 0 Å². The van der Waals surface area contributed by atoms with E-state index >= 15 is 0 Å². The molecule has 218 valence electrons. The zero-order chi connectivity index (χ0) is 30.3. The fourth-order valence-electron chi connectivity index (χ4n) is 5.87. The average Bonchev–Trinajstić information content (AvgIpc) is 2.82. The largest absolute Gasteiger partial charge is 0.508 e. The van der Waals surface area contributed by atoms with Gasteiger partial charge in [-0.25, -0.2) is 0 Å². The van der Waals surface area contributed by atoms with Crippen molar-refractivity contribution in [2.45, 2.75) is 35.1 Å². The summed E-state index contributed by atoms with van der Waals surface area (Å²) in [6, 6.07) is 1.67. The number of alkyl halides is 5. The van der Waals surface area contributed by atoms with Crippen molar-refractivity contribution in [2.75, 3.05) is 19.8 Å². The maximum Gasteiger partial charge on any atom is 0.464 e. The molecular weight excluding hydrogens is 571 g/mol. The van der Waals surface area contributed by atoms with Gasteiger partial charge in [0.15, 0.2) is 11.4 Å². The number of nitrogens with zero attached hydrogens (tertiary/aromatic N) is 1. The van der Waals surface area contributed by atoms with Crippen molar-refractivity contribution in [1.29, 1.82) is 0 Å². The number of carbonyl (C=O) groups excluding carboxylic acids is 3. The number of primary amides is 1. The van der Waals surface area contributed by atoms with Gasteiger partial charge < -0.3 is 31.3 Å². The molecule has 0 unspecified atom stereocenters. The van der Waals surface area contributed by atoms with Crippen LogP contribution < -0.4 is 5.73 Å². The Bertz CT molecular complexity index is 1380. The maximum atomic E-state index is 14.0. The number of likely N-dealkylation sites (N-methyl/N-ethyl adjacent to an activating group) is 1. The number of phenols is 1. The number of aromatic hydroxyl groups is 1. The number of amides is 1. The first-order chi connectivity index (χ1) is 18.3. The van der Waals surface area contributed by atoms with Crippen LogP contribution in [-0.2, 0) is 14.4 Å². The highest BCUT2D eigenvalue weighted by atomic mass is 32.2. The topological polar surface area (TPSA) is 182 Å². The summed E-state index contributed by atoms with van der Waals surface area (Å²) in [5, 5.41) is 50.2. The van der Waals surface area contributed by atoms with Gasteiger partial charge in [-0.1, -0.05) is 23.9 Å². The number of aliphatic hydroxyl groups excluding tert-OH is 3. The molecule has 7 N–H and O–H groups in total. The van der Waals surface area contributed by atoms with Gasteiger partial charge in [-0.2, -0.15) is 22.0 Å². The summed E-state index contributed by atoms with van der Waals surface area (Å²) in [5.74, 6) is -14.1. The predicted molar refractivity (Wildman–Crippen MR) is 128 cm³/mol. The summed E-state index contributed by atoms with van der Waals surface area (Å²) in [4.78, 5) is 40.2. The van der Waals surface area contributed by atoms with E-state index in [4.69, 9.17) is 5.73 Å². The fourth-order valence-corrected chi connectivity index (χ4v) is 6.81. The number of fused-ring (bicyclic) bond motifs is 3. The summed E-state index contributed by atoms with van der Waals surface area (Å²) in [5.41, 5.74) is -0.860. The van der Waals surface area contributed by atoms with E-state index in [0.717, 1.165) is 11.0 Å². The van der Waals surface area contributed by atoms with E-state index in [2.05, 4.69) is 0 Å². The summed E-state index contributed by atoms with van der Waals surface area (Å²) < 4.78 is 66.8. The first kappa shape index (κ1) is 29.8. The Kier molecular flexibility index (Phi) is 7.01. The minimum absolute atomic E-state index is 0.199. The van der Waals surface area contributed by atoms with Crippen molar-refractivity contribution in [1.82, 2.24) is 4.90 Å². The Morgan fingerprint density at radius 3 is 2.25 bits per heavy atom. The van der Waals surface area contributed by atoms with E-state index in [-0.39, 0.29) is 5.56 Å².